The van der Waals surface area contributed by atoms with Crippen molar-refractivity contribution in [3.05, 3.63) is 28.3 Å². The van der Waals surface area contributed by atoms with Crippen molar-refractivity contribution in [2.75, 3.05) is 20.2 Å². The third-order valence-electron chi connectivity index (χ3n) is 3.16. The maximum absolute atomic E-state index is 12.5. The number of non-ortho nitro benzene ring substituents is 1. The number of nitro benzene ring substituents is 1. The van der Waals surface area contributed by atoms with Crippen LogP contribution in [0, 0.1) is 10.1 Å². The van der Waals surface area contributed by atoms with E-state index in [1.807, 2.05) is 0 Å². The van der Waals surface area contributed by atoms with Crippen molar-refractivity contribution >= 4 is 28.1 Å². The number of nitrogens with zero attached hydrogens (tertiary/aromatic N) is 2. The number of hydrogen-bond acceptors (Lipinski definition) is 6. The molecule has 0 amide bonds. The van der Waals surface area contributed by atoms with E-state index >= 15 is 0 Å². The van der Waals surface area contributed by atoms with Gasteiger partial charge in [0.1, 0.15) is 10.6 Å². The molecule has 0 saturated carbocycles. The van der Waals surface area contributed by atoms with Crippen molar-refractivity contribution in [1.82, 2.24) is 4.31 Å². The molecule has 2 N–H and O–H groups in total. The first-order chi connectivity index (χ1) is 9.36. The topological polar surface area (TPSA) is 116 Å². The standard InChI is InChI=1S/C11H15N3O5S.ClH/c1-19-10-3-2-9(14(15)16)6-11(10)20(17,18)13-5-4-8(12)7-13;/h2-3,6,8H,4-5,7,12H2,1H3;1H/t8-;/m1./s1. The molecule has 118 valence electrons. The Morgan fingerprint density at radius 3 is 2.62 bits per heavy atom. The number of sulfonamides is 1. The Kier molecular flexibility index (Phi) is 5.51. The fourth-order valence-electron chi connectivity index (χ4n) is 2.09. The molecule has 0 unspecified atom stereocenters. The quantitative estimate of drug-likeness (QED) is 0.640. The van der Waals surface area contributed by atoms with Crippen LogP contribution in [0.2, 0.25) is 0 Å². The lowest BCUT2D eigenvalue weighted by atomic mass is 10.3. The first kappa shape index (κ1) is 17.6. The Morgan fingerprint density at radius 1 is 1.48 bits per heavy atom. The van der Waals surface area contributed by atoms with Gasteiger partial charge in [-0.15, -0.1) is 12.4 Å². The zero-order chi connectivity index (χ0) is 14.9. The van der Waals surface area contributed by atoms with Gasteiger partial charge in [-0.05, 0) is 12.5 Å². The average molecular weight is 338 g/mol. The monoisotopic (exact) mass is 337 g/mol. The van der Waals surface area contributed by atoms with Crippen LogP contribution in [-0.4, -0.2) is 43.9 Å². The third-order valence-corrected chi connectivity index (χ3v) is 5.05. The van der Waals surface area contributed by atoms with Gasteiger partial charge in [0, 0.05) is 31.3 Å². The molecule has 1 fully saturated rings. The van der Waals surface area contributed by atoms with Crippen molar-refractivity contribution in [3.8, 4) is 5.75 Å². The predicted octanol–water partition coefficient (Wildman–Crippen LogP) is 0.747. The van der Waals surface area contributed by atoms with Crippen molar-refractivity contribution in [2.24, 2.45) is 5.73 Å². The number of hydrogen-bond donors (Lipinski definition) is 1. The predicted molar refractivity (Wildman–Crippen MR) is 78.2 cm³/mol. The maximum Gasteiger partial charge on any atom is 0.271 e. The summed E-state index contributed by atoms with van der Waals surface area (Å²) in [6.07, 6.45) is 0.566. The second-order valence-corrected chi connectivity index (χ2v) is 6.41. The molecule has 0 spiro atoms. The Balaban J connectivity index is 0.00000220. The third kappa shape index (κ3) is 3.43. The summed E-state index contributed by atoms with van der Waals surface area (Å²) >= 11 is 0. The lowest BCUT2D eigenvalue weighted by molar-refractivity contribution is -0.385. The Morgan fingerprint density at radius 2 is 2.14 bits per heavy atom. The van der Waals surface area contributed by atoms with Crippen molar-refractivity contribution in [3.63, 3.8) is 0 Å². The fraction of sp³-hybridized carbons (Fsp3) is 0.455. The Hall–Kier alpha value is -1.42. The van der Waals surface area contributed by atoms with E-state index in [4.69, 9.17) is 10.5 Å². The van der Waals surface area contributed by atoms with Gasteiger partial charge >= 0.3 is 0 Å². The Labute approximate surface area is 128 Å². The van der Waals surface area contributed by atoms with Gasteiger partial charge in [0.25, 0.3) is 5.69 Å². The van der Waals surface area contributed by atoms with E-state index in [2.05, 4.69) is 0 Å². The summed E-state index contributed by atoms with van der Waals surface area (Å²) in [4.78, 5) is 9.94. The maximum atomic E-state index is 12.5. The summed E-state index contributed by atoms with van der Waals surface area (Å²) in [5, 5.41) is 10.8. The summed E-state index contributed by atoms with van der Waals surface area (Å²) in [6, 6.07) is 3.28. The largest absolute Gasteiger partial charge is 0.495 e. The van der Waals surface area contributed by atoms with Crippen LogP contribution < -0.4 is 10.5 Å². The van der Waals surface area contributed by atoms with Crippen molar-refractivity contribution in [1.29, 1.82) is 0 Å². The lowest BCUT2D eigenvalue weighted by Gasteiger charge is -2.17. The van der Waals surface area contributed by atoms with E-state index in [-0.39, 0.29) is 41.3 Å². The van der Waals surface area contributed by atoms with E-state index in [1.54, 1.807) is 0 Å². The molecule has 0 aromatic heterocycles. The number of ether oxygens (including phenoxy) is 1. The summed E-state index contributed by atoms with van der Waals surface area (Å²) in [6.45, 7) is 0.503. The van der Waals surface area contributed by atoms with Crippen LogP contribution in [0.15, 0.2) is 23.1 Å². The summed E-state index contributed by atoms with van der Waals surface area (Å²) < 4.78 is 31.2. The van der Waals surface area contributed by atoms with E-state index in [0.717, 1.165) is 6.07 Å². The van der Waals surface area contributed by atoms with Crippen LogP contribution in [0.3, 0.4) is 0 Å². The molecule has 1 atom stereocenters. The highest BCUT2D eigenvalue weighted by Crippen LogP contribution is 2.31. The van der Waals surface area contributed by atoms with Gasteiger partial charge in [-0.25, -0.2) is 8.42 Å². The van der Waals surface area contributed by atoms with E-state index in [9.17, 15) is 18.5 Å². The second kappa shape index (κ2) is 6.56. The van der Waals surface area contributed by atoms with Crippen LogP contribution in [0.4, 0.5) is 5.69 Å². The van der Waals surface area contributed by atoms with Crippen LogP contribution >= 0.6 is 12.4 Å². The van der Waals surface area contributed by atoms with Crippen molar-refractivity contribution in [2.45, 2.75) is 17.4 Å². The molecule has 1 saturated heterocycles. The van der Waals surface area contributed by atoms with Gasteiger partial charge in [0.2, 0.25) is 10.0 Å². The summed E-state index contributed by atoms with van der Waals surface area (Å²) in [5.74, 6) is 0.0797. The highest BCUT2D eigenvalue weighted by Gasteiger charge is 2.34. The molecule has 0 aliphatic carbocycles. The lowest BCUT2D eigenvalue weighted by Crippen LogP contribution is -2.32. The molecule has 1 aliphatic heterocycles. The number of methoxy groups -OCH3 is 1. The molecule has 1 aliphatic rings. The minimum absolute atomic E-state index is 0. The molecule has 1 aromatic rings. The zero-order valence-corrected chi connectivity index (χ0v) is 12.9. The first-order valence-corrected chi connectivity index (χ1v) is 7.38. The van der Waals surface area contributed by atoms with Gasteiger partial charge in [-0.1, -0.05) is 0 Å². The van der Waals surface area contributed by atoms with Crippen LogP contribution in [-0.2, 0) is 10.0 Å². The van der Waals surface area contributed by atoms with Crippen molar-refractivity contribution < 1.29 is 18.1 Å². The Bertz CT molecular complexity index is 637. The number of benzene rings is 1. The van der Waals surface area contributed by atoms with Crippen LogP contribution in [0.5, 0.6) is 5.75 Å². The molecule has 0 radical (unpaired) electrons. The van der Waals surface area contributed by atoms with Gasteiger partial charge in [-0.3, -0.25) is 10.1 Å². The molecule has 10 heteroatoms. The molecule has 0 bridgehead atoms. The highest BCUT2D eigenvalue weighted by atomic mass is 35.5. The highest BCUT2D eigenvalue weighted by molar-refractivity contribution is 7.89. The number of nitrogens with two attached hydrogens (primary N) is 1. The zero-order valence-electron chi connectivity index (χ0n) is 11.3. The first-order valence-electron chi connectivity index (χ1n) is 5.94. The van der Waals surface area contributed by atoms with Crippen LogP contribution in [0.1, 0.15) is 6.42 Å². The average Bonchev–Trinajstić information content (AvgIpc) is 2.85. The molecule has 1 heterocycles. The summed E-state index contributed by atoms with van der Waals surface area (Å²) in [7, 11) is -2.53. The fourth-order valence-corrected chi connectivity index (χ4v) is 3.78. The van der Waals surface area contributed by atoms with Gasteiger partial charge in [-0.2, -0.15) is 4.31 Å². The molecular formula is C11H16ClN3O5S. The van der Waals surface area contributed by atoms with Gasteiger partial charge in [0.05, 0.1) is 12.0 Å². The number of nitro groups is 1. The molecule has 21 heavy (non-hydrogen) atoms. The molecule has 2 rings (SSSR count). The van der Waals surface area contributed by atoms with Crippen LogP contribution in [0.25, 0.3) is 0 Å². The van der Waals surface area contributed by atoms with E-state index < -0.39 is 14.9 Å². The smallest absolute Gasteiger partial charge is 0.271 e. The normalized spacial score (nSPS) is 19.0. The molecular weight excluding hydrogens is 322 g/mol. The SMILES string of the molecule is COc1ccc([N+](=O)[O-])cc1S(=O)(=O)N1CC[C@@H](N)C1.Cl. The minimum atomic E-state index is -3.85. The van der Waals surface area contributed by atoms with E-state index in [0.29, 0.717) is 13.0 Å². The van der Waals surface area contributed by atoms with Gasteiger partial charge in [0.15, 0.2) is 0 Å². The molecule has 1 aromatic carbocycles. The van der Waals surface area contributed by atoms with E-state index in [1.165, 1.54) is 23.5 Å². The molecule has 8 nitrogen and oxygen atoms in total. The number of rotatable bonds is 4. The summed E-state index contributed by atoms with van der Waals surface area (Å²) in [5.41, 5.74) is 5.40. The number of halogens is 1. The minimum Gasteiger partial charge on any atom is -0.495 e. The van der Waals surface area contributed by atoms with Gasteiger partial charge < -0.3 is 10.5 Å². The second-order valence-electron chi connectivity index (χ2n) is 4.50.